The molecule has 1 rings (SSSR count). The zero-order valence-electron chi connectivity index (χ0n) is 6.31. The molecule has 4 heteroatoms. The third-order valence-electron chi connectivity index (χ3n) is 1.93. The summed E-state index contributed by atoms with van der Waals surface area (Å²) in [6, 6.07) is 0. The summed E-state index contributed by atoms with van der Waals surface area (Å²) in [6.07, 6.45) is 2.47. The molecule has 1 saturated heterocycles. The lowest BCUT2D eigenvalue weighted by Gasteiger charge is -2.20. The van der Waals surface area contributed by atoms with Crippen LogP contribution in [0.2, 0.25) is 5.82 Å². The summed E-state index contributed by atoms with van der Waals surface area (Å²) < 4.78 is 5.12. The molecule has 1 aliphatic rings. The molecule has 0 spiro atoms. The third kappa shape index (κ3) is 2.69. The van der Waals surface area contributed by atoms with E-state index >= 15 is 0 Å². The smallest absolute Gasteiger partial charge is 0.279 e. The van der Waals surface area contributed by atoms with Crippen LogP contribution in [0.3, 0.4) is 0 Å². The summed E-state index contributed by atoms with van der Waals surface area (Å²) in [5.41, 5.74) is 5.21. The molecular formula is C6H15BN2O. The molecule has 0 aromatic heterocycles. The minimum Gasteiger partial charge on any atom is -0.427 e. The molecule has 58 valence electrons. The van der Waals surface area contributed by atoms with E-state index in [2.05, 4.69) is 5.32 Å². The highest BCUT2D eigenvalue weighted by atomic mass is 16.4. The summed E-state index contributed by atoms with van der Waals surface area (Å²) in [6.45, 7) is 2.64. The molecular weight excluding hydrogens is 127 g/mol. The lowest BCUT2D eigenvalue weighted by molar-refractivity contribution is 0.332. The molecule has 0 aromatic rings. The highest BCUT2D eigenvalue weighted by molar-refractivity contribution is 6.29. The van der Waals surface area contributed by atoms with Gasteiger partial charge in [0.2, 0.25) is 0 Å². The first-order valence-electron chi connectivity index (χ1n) is 3.92. The molecule has 0 saturated carbocycles. The summed E-state index contributed by atoms with van der Waals surface area (Å²) in [5, 5.41) is 3.30. The van der Waals surface area contributed by atoms with Crippen LogP contribution in [0.25, 0.3) is 0 Å². The molecule has 1 fully saturated rings. The Morgan fingerprint density at radius 1 is 1.50 bits per heavy atom. The second-order valence-corrected chi connectivity index (χ2v) is 2.73. The quantitative estimate of drug-likeness (QED) is 0.410. The van der Waals surface area contributed by atoms with Gasteiger partial charge in [-0.05, 0) is 31.7 Å². The maximum absolute atomic E-state index is 5.21. The minimum absolute atomic E-state index is 0.365. The van der Waals surface area contributed by atoms with Crippen molar-refractivity contribution in [3.05, 3.63) is 0 Å². The van der Waals surface area contributed by atoms with Gasteiger partial charge in [0.05, 0.1) is 6.73 Å². The molecule has 0 aromatic carbocycles. The maximum atomic E-state index is 5.21. The SMILES string of the molecule is NCOBC1CCNCC1. The van der Waals surface area contributed by atoms with Crippen LogP contribution in [-0.4, -0.2) is 27.3 Å². The van der Waals surface area contributed by atoms with Gasteiger partial charge in [-0.2, -0.15) is 0 Å². The molecule has 0 aliphatic carbocycles. The van der Waals surface area contributed by atoms with Crippen LogP contribution >= 0.6 is 0 Å². The van der Waals surface area contributed by atoms with Crippen molar-refractivity contribution in [2.75, 3.05) is 19.8 Å². The van der Waals surface area contributed by atoms with Crippen LogP contribution in [0, 0.1) is 0 Å². The Hall–Kier alpha value is -0.0551. The van der Waals surface area contributed by atoms with Crippen LogP contribution < -0.4 is 11.1 Å². The minimum atomic E-state index is 0.365. The van der Waals surface area contributed by atoms with Crippen molar-refractivity contribution in [2.45, 2.75) is 18.7 Å². The number of piperidine rings is 1. The van der Waals surface area contributed by atoms with Crippen LogP contribution in [0.15, 0.2) is 0 Å². The van der Waals surface area contributed by atoms with Crippen molar-refractivity contribution < 1.29 is 4.65 Å². The normalized spacial score (nSPS) is 20.9. The molecule has 10 heavy (non-hydrogen) atoms. The Bertz CT molecular complexity index is 85.8. The van der Waals surface area contributed by atoms with E-state index in [0.29, 0.717) is 6.73 Å². The predicted octanol–water partition coefficient (Wildman–Crippen LogP) is -0.557. The first-order chi connectivity index (χ1) is 4.93. The van der Waals surface area contributed by atoms with Gasteiger partial charge in [-0.25, -0.2) is 0 Å². The van der Waals surface area contributed by atoms with Gasteiger partial charge in [-0.3, -0.25) is 0 Å². The zero-order valence-corrected chi connectivity index (χ0v) is 6.31. The standard InChI is InChI=1S/C6H15BN2O/c8-5-10-7-6-1-3-9-4-2-6/h6-7,9H,1-5,8H2. The van der Waals surface area contributed by atoms with Gasteiger partial charge in [-0.1, -0.05) is 0 Å². The van der Waals surface area contributed by atoms with Gasteiger partial charge in [0, 0.05) is 0 Å². The van der Waals surface area contributed by atoms with Crippen LogP contribution in [0.1, 0.15) is 12.8 Å². The van der Waals surface area contributed by atoms with Crippen LogP contribution in [0.4, 0.5) is 0 Å². The molecule has 3 nitrogen and oxygen atoms in total. The van der Waals surface area contributed by atoms with Gasteiger partial charge in [0.15, 0.2) is 0 Å². The summed E-state index contributed by atoms with van der Waals surface area (Å²) in [5.74, 6) is 0.741. The maximum Gasteiger partial charge on any atom is 0.279 e. The fourth-order valence-electron chi connectivity index (χ4n) is 1.28. The highest BCUT2D eigenvalue weighted by Gasteiger charge is 2.13. The predicted molar refractivity (Wildman–Crippen MR) is 43.1 cm³/mol. The number of hydrogen-bond acceptors (Lipinski definition) is 3. The molecule has 0 radical (unpaired) electrons. The molecule has 3 N–H and O–H groups in total. The van der Waals surface area contributed by atoms with Gasteiger partial charge >= 0.3 is 0 Å². The molecule has 1 heterocycles. The first-order valence-corrected chi connectivity index (χ1v) is 3.92. The monoisotopic (exact) mass is 142 g/mol. The van der Waals surface area contributed by atoms with Gasteiger partial charge in [-0.15, -0.1) is 0 Å². The Labute approximate surface area is 62.6 Å². The average molecular weight is 142 g/mol. The van der Waals surface area contributed by atoms with Gasteiger partial charge in [0.25, 0.3) is 7.48 Å². The van der Waals surface area contributed by atoms with E-state index in [1.54, 1.807) is 0 Å². The van der Waals surface area contributed by atoms with Crippen molar-refractivity contribution >= 4 is 7.48 Å². The van der Waals surface area contributed by atoms with E-state index in [1.165, 1.54) is 12.8 Å². The van der Waals surface area contributed by atoms with Crippen molar-refractivity contribution in [2.24, 2.45) is 5.73 Å². The van der Waals surface area contributed by atoms with Crippen molar-refractivity contribution in [1.82, 2.24) is 5.32 Å². The second-order valence-electron chi connectivity index (χ2n) is 2.73. The summed E-state index contributed by atoms with van der Waals surface area (Å²) in [7, 11) is 0.845. The summed E-state index contributed by atoms with van der Waals surface area (Å²) >= 11 is 0. The van der Waals surface area contributed by atoms with Crippen molar-refractivity contribution in [1.29, 1.82) is 0 Å². The Morgan fingerprint density at radius 3 is 2.80 bits per heavy atom. The van der Waals surface area contributed by atoms with E-state index in [9.17, 15) is 0 Å². The first kappa shape index (κ1) is 8.05. The van der Waals surface area contributed by atoms with Gasteiger partial charge in [0.1, 0.15) is 0 Å². The van der Waals surface area contributed by atoms with Crippen LogP contribution in [-0.2, 0) is 4.65 Å². The van der Waals surface area contributed by atoms with Crippen molar-refractivity contribution in [3.63, 3.8) is 0 Å². The molecule has 0 bridgehead atoms. The Morgan fingerprint density at radius 2 is 2.20 bits per heavy atom. The van der Waals surface area contributed by atoms with Gasteiger partial charge < -0.3 is 15.7 Å². The largest absolute Gasteiger partial charge is 0.427 e. The topological polar surface area (TPSA) is 47.3 Å². The molecule has 0 atom stereocenters. The number of hydrogen-bond donors (Lipinski definition) is 2. The molecule has 1 aliphatic heterocycles. The van der Waals surface area contributed by atoms with E-state index in [0.717, 1.165) is 26.4 Å². The highest BCUT2D eigenvalue weighted by Crippen LogP contribution is 2.16. The molecule has 0 amide bonds. The van der Waals surface area contributed by atoms with E-state index in [1.807, 2.05) is 0 Å². The average Bonchev–Trinajstić information content (AvgIpc) is 2.03. The molecule has 0 unspecified atom stereocenters. The lowest BCUT2D eigenvalue weighted by atomic mass is 9.74. The van der Waals surface area contributed by atoms with Crippen molar-refractivity contribution in [3.8, 4) is 0 Å². The van der Waals surface area contributed by atoms with E-state index < -0.39 is 0 Å². The second kappa shape index (κ2) is 4.71. The lowest BCUT2D eigenvalue weighted by Crippen LogP contribution is -2.28. The number of rotatable bonds is 3. The van der Waals surface area contributed by atoms with Crippen LogP contribution in [0.5, 0.6) is 0 Å². The Balaban J connectivity index is 2.02. The fraction of sp³-hybridized carbons (Fsp3) is 1.00. The number of nitrogens with one attached hydrogen (secondary N) is 1. The third-order valence-corrected chi connectivity index (χ3v) is 1.93. The van der Waals surface area contributed by atoms with E-state index in [-0.39, 0.29) is 0 Å². The number of nitrogens with two attached hydrogens (primary N) is 1. The Kier molecular flexibility index (Phi) is 3.79. The fourth-order valence-corrected chi connectivity index (χ4v) is 1.28. The van der Waals surface area contributed by atoms with E-state index in [4.69, 9.17) is 10.4 Å². The summed E-state index contributed by atoms with van der Waals surface area (Å²) in [4.78, 5) is 0. The zero-order chi connectivity index (χ0) is 7.23.